The highest BCUT2D eigenvalue weighted by molar-refractivity contribution is 7.54. The molecule has 1 aliphatic rings. The van der Waals surface area contributed by atoms with E-state index < -0.39 is 7.60 Å². The number of rotatable bonds is 6. The van der Waals surface area contributed by atoms with Gasteiger partial charge in [-0.2, -0.15) is 0 Å². The van der Waals surface area contributed by atoms with Crippen LogP contribution in [-0.2, 0) is 18.4 Å². The summed E-state index contributed by atoms with van der Waals surface area (Å²) in [7, 11) is -0.778. The quantitative estimate of drug-likeness (QED) is 0.727. The van der Waals surface area contributed by atoms with Gasteiger partial charge in [0, 0.05) is 37.7 Å². The highest BCUT2D eigenvalue weighted by Gasteiger charge is 2.32. The Morgan fingerprint density at radius 3 is 2.00 bits per heavy atom. The van der Waals surface area contributed by atoms with Crippen LogP contribution >= 0.6 is 7.60 Å². The Balaban J connectivity index is 1.90. The molecule has 0 aromatic heterocycles. The first-order valence-electron chi connectivity index (χ1n) is 7.64. The minimum atomic E-state index is -3.35. The van der Waals surface area contributed by atoms with Crippen molar-refractivity contribution in [2.75, 3.05) is 20.4 Å². The van der Waals surface area contributed by atoms with Crippen LogP contribution in [0.3, 0.4) is 0 Å². The summed E-state index contributed by atoms with van der Waals surface area (Å²) in [6.45, 7) is 0. The van der Waals surface area contributed by atoms with Crippen molar-refractivity contribution >= 4 is 13.4 Å². The van der Waals surface area contributed by atoms with Crippen molar-refractivity contribution in [3.63, 3.8) is 0 Å². The van der Waals surface area contributed by atoms with Crippen LogP contribution in [0.15, 0.2) is 48.5 Å². The van der Waals surface area contributed by atoms with Crippen LogP contribution in [0.25, 0.3) is 0 Å². The van der Waals surface area contributed by atoms with Crippen molar-refractivity contribution in [2.45, 2.75) is 12.3 Å². The van der Waals surface area contributed by atoms with Crippen molar-refractivity contribution in [2.24, 2.45) is 0 Å². The fraction of sp³-hybridized carbons (Fsp3) is 0.278. The summed E-state index contributed by atoms with van der Waals surface area (Å²) in [5, 5.41) is 0. The van der Waals surface area contributed by atoms with Gasteiger partial charge < -0.3 is 13.8 Å². The van der Waals surface area contributed by atoms with E-state index in [1.54, 1.807) is 0 Å². The van der Waals surface area contributed by atoms with Crippen LogP contribution in [0.2, 0.25) is 0 Å². The fourth-order valence-electron chi connectivity index (χ4n) is 2.94. The van der Waals surface area contributed by atoms with E-state index >= 15 is 0 Å². The molecule has 5 nitrogen and oxygen atoms in total. The first kappa shape index (κ1) is 16.9. The van der Waals surface area contributed by atoms with E-state index in [9.17, 15) is 9.36 Å². The topological polar surface area (TPSA) is 61.8 Å². The van der Waals surface area contributed by atoms with Gasteiger partial charge in [-0.15, -0.1) is 0 Å². The summed E-state index contributed by atoms with van der Waals surface area (Å²) >= 11 is 0. The third-order valence-corrected chi connectivity index (χ3v) is 6.02. The molecule has 2 aromatic rings. The third-order valence-electron chi connectivity index (χ3n) is 4.17. The minimum Gasteiger partial charge on any atom is -0.457 e. The molecule has 0 unspecified atom stereocenters. The number of hydrogen-bond acceptors (Lipinski definition) is 5. The van der Waals surface area contributed by atoms with E-state index in [0.717, 1.165) is 22.6 Å². The highest BCUT2D eigenvalue weighted by Crippen LogP contribution is 2.49. The second kappa shape index (κ2) is 6.89. The average molecular weight is 346 g/mol. The Bertz CT molecular complexity index is 748. The third kappa shape index (κ3) is 3.29. The number of ketones is 1. The van der Waals surface area contributed by atoms with Gasteiger partial charge in [0.1, 0.15) is 23.4 Å². The van der Waals surface area contributed by atoms with Crippen LogP contribution in [0.1, 0.15) is 23.5 Å². The number of ether oxygens (including phenoxy) is 1. The maximum atomic E-state index is 12.5. The predicted molar refractivity (Wildman–Crippen MR) is 90.9 cm³/mol. The van der Waals surface area contributed by atoms with Crippen molar-refractivity contribution in [3.05, 3.63) is 59.7 Å². The second-order valence-electron chi connectivity index (χ2n) is 5.61. The van der Waals surface area contributed by atoms with E-state index in [-0.39, 0.29) is 24.3 Å². The molecule has 126 valence electrons. The molecular weight excluding hydrogens is 327 g/mol. The Labute approximate surface area is 141 Å². The second-order valence-corrected chi connectivity index (χ2v) is 7.88. The van der Waals surface area contributed by atoms with E-state index in [1.807, 2.05) is 48.5 Å². The summed E-state index contributed by atoms with van der Waals surface area (Å²) in [6.07, 6.45) is -0.0181. The Morgan fingerprint density at radius 2 is 1.50 bits per heavy atom. The Hall–Kier alpha value is -1.94. The summed E-state index contributed by atoms with van der Waals surface area (Å²) in [5.41, 5.74) is 1.91. The number of hydrogen-bond donors (Lipinski definition) is 0. The smallest absolute Gasteiger partial charge is 0.337 e. The van der Waals surface area contributed by atoms with E-state index in [1.165, 1.54) is 14.2 Å². The van der Waals surface area contributed by atoms with Gasteiger partial charge in [-0.1, -0.05) is 36.4 Å². The molecule has 0 aliphatic carbocycles. The van der Waals surface area contributed by atoms with Crippen LogP contribution in [0, 0.1) is 0 Å². The molecule has 1 heterocycles. The predicted octanol–water partition coefficient (Wildman–Crippen LogP) is 4.37. The van der Waals surface area contributed by atoms with Crippen molar-refractivity contribution in [3.8, 4) is 11.5 Å². The number of Topliss-reactive ketones (excluding diaryl/α,β-unsaturated/α-hetero) is 1. The number of para-hydroxylation sites is 2. The zero-order chi connectivity index (χ0) is 17.2. The molecular formula is C18H19O5P. The number of fused-ring (bicyclic) bond motifs is 2. The minimum absolute atomic E-state index is 0.138. The number of carbonyl (C=O) groups is 1. The fourth-order valence-corrected chi connectivity index (χ4v) is 3.91. The van der Waals surface area contributed by atoms with Gasteiger partial charge in [0.15, 0.2) is 0 Å². The number of carbonyl (C=O) groups excluding carboxylic acids is 1. The molecule has 2 aromatic carbocycles. The number of benzene rings is 2. The van der Waals surface area contributed by atoms with Gasteiger partial charge in [0.2, 0.25) is 0 Å². The normalized spacial score (nSPS) is 13.8. The molecule has 0 amide bonds. The standard InChI is InChI=1S/C18H19O5P/c1-21-24(20,22-2)12-13(19)11-16-14-7-3-5-9-17(14)23-18-10-6-4-8-15(16)18/h3-10,16H,11-12H2,1-2H3. The lowest BCUT2D eigenvalue weighted by molar-refractivity contribution is -0.117. The summed E-state index contributed by atoms with van der Waals surface area (Å²) in [4.78, 5) is 12.5. The molecule has 0 radical (unpaired) electrons. The molecule has 0 atom stereocenters. The molecule has 0 saturated carbocycles. The van der Waals surface area contributed by atoms with Gasteiger partial charge in [-0.05, 0) is 12.1 Å². The lowest BCUT2D eigenvalue weighted by Crippen LogP contribution is -2.16. The zero-order valence-corrected chi connectivity index (χ0v) is 14.5. The monoisotopic (exact) mass is 346 g/mol. The summed E-state index contributed by atoms with van der Waals surface area (Å²) < 4.78 is 27.9. The largest absolute Gasteiger partial charge is 0.457 e. The molecule has 0 spiro atoms. The molecule has 3 rings (SSSR count). The van der Waals surface area contributed by atoms with Crippen LogP contribution in [0.4, 0.5) is 0 Å². The van der Waals surface area contributed by atoms with E-state index in [0.29, 0.717) is 0 Å². The lowest BCUT2D eigenvalue weighted by atomic mass is 9.84. The summed E-state index contributed by atoms with van der Waals surface area (Å²) in [6, 6.07) is 15.3. The molecule has 0 fully saturated rings. The van der Waals surface area contributed by atoms with Crippen LogP contribution in [-0.4, -0.2) is 26.2 Å². The van der Waals surface area contributed by atoms with Gasteiger partial charge in [0.25, 0.3) is 0 Å². The van der Waals surface area contributed by atoms with Gasteiger partial charge >= 0.3 is 7.60 Å². The molecule has 6 heteroatoms. The van der Waals surface area contributed by atoms with Crippen LogP contribution in [0.5, 0.6) is 11.5 Å². The SMILES string of the molecule is COP(=O)(CC(=O)CC1c2ccccc2Oc2ccccc21)OC. The molecule has 0 saturated heterocycles. The zero-order valence-electron chi connectivity index (χ0n) is 13.6. The van der Waals surface area contributed by atoms with Crippen LogP contribution < -0.4 is 4.74 Å². The van der Waals surface area contributed by atoms with Crippen molar-refractivity contribution in [1.29, 1.82) is 0 Å². The van der Waals surface area contributed by atoms with Crippen molar-refractivity contribution in [1.82, 2.24) is 0 Å². The Morgan fingerprint density at radius 1 is 1.00 bits per heavy atom. The first-order valence-corrected chi connectivity index (χ1v) is 9.37. The maximum Gasteiger partial charge on any atom is 0.337 e. The first-order chi connectivity index (χ1) is 11.6. The molecule has 0 bridgehead atoms. The van der Waals surface area contributed by atoms with Gasteiger partial charge in [0.05, 0.1) is 0 Å². The van der Waals surface area contributed by atoms with Gasteiger partial charge in [-0.25, -0.2) is 0 Å². The average Bonchev–Trinajstić information content (AvgIpc) is 2.61. The van der Waals surface area contributed by atoms with Gasteiger partial charge in [-0.3, -0.25) is 9.36 Å². The molecule has 0 N–H and O–H groups in total. The molecule has 24 heavy (non-hydrogen) atoms. The summed E-state index contributed by atoms with van der Waals surface area (Å²) in [5.74, 6) is 1.19. The maximum absolute atomic E-state index is 12.5. The Kier molecular flexibility index (Phi) is 4.86. The van der Waals surface area contributed by atoms with Crippen molar-refractivity contribution < 1.29 is 23.1 Å². The van der Waals surface area contributed by atoms with E-state index in [2.05, 4.69) is 0 Å². The van der Waals surface area contributed by atoms with E-state index in [4.69, 9.17) is 13.8 Å². The molecule has 1 aliphatic heterocycles. The lowest BCUT2D eigenvalue weighted by Gasteiger charge is -2.28. The highest BCUT2D eigenvalue weighted by atomic mass is 31.2.